The Morgan fingerprint density at radius 2 is 2.14 bits per heavy atom. The third-order valence-electron chi connectivity index (χ3n) is 3.42. The largest absolute Gasteiger partial charge is 0.483 e. The Balaban J connectivity index is 2.19. The van der Waals surface area contributed by atoms with Crippen molar-refractivity contribution in [3.63, 3.8) is 0 Å². The Hall–Kier alpha value is -1.71. The van der Waals surface area contributed by atoms with Crippen molar-refractivity contribution in [1.82, 2.24) is 0 Å². The summed E-state index contributed by atoms with van der Waals surface area (Å²) < 4.78 is 17.0. The van der Waals surface area contributed by atoms with Gasteiger partial charge in [0.1, 0.15) is 5.60 Å². The highest BCUT2D eigenvalue weighted by molar-refractivity contribution is 5.75. The standard InChI is InChI=1S/C17H24O4/c1-5-8-14(16(18)19-6-2)20-13-10-7-9-12-11-17(3,4)21-15(12)13/h7,9-10,14H,5-6,8,11H2,1-4H3. The summed E-state index contributed by atoms with van der Waals surface area (Å²) in [7, 11) is 0. The average Bonchev–Trinajstić information content (AvgIpc) is 2.73. The van der Waals surface area contributed by atoms with E-state index in [1.807, 2.05) is 39.0 Å². The van der Waals surface area contributed by atoms with E-state index < -0.39 is 6.10 Å². The lowest BCUT2D eigenvalue weighted by Crippen LogP contribution is -2.29. The Morgan fingerprint density at radius 1 is 1.38 bits per heavy atom. The van der Waals surface area contributed by atoms with Crippen molar-refractivity contribution in [1.29, 1.82) is 0 Å². The smallest absolute Gasteiger partial charge is 0.347 e. The van der Waals surface area contributed by atoms with Gasteiger partial charge in [0.05, 0.1) is 6.61 Å². The molecule has 1 aliphatic heterocycles. The van der Waals surface area contributed by atoms with Crippen LogP contribution in [-0.4, -0.2) is 24.3 Å². The van der Waals surface area contributed by atoms with Crippen LogP contribution in [0.5, 0.6) is 11.5 Å². The van der Waals surface area contributed by atoms with Gasteiger partial charge in [0, 0.05) is 12.0 Å². The summed E-state index contributed by atoms with van der Waals surface area (Å²) in [4.78, 5) is 12.0. The molecule has 0 saturated carbocycles. The lowest BCUT2D eigenvalue weighted by molar-refractivity contribution is -0.151. The topological polar surface area (TPSA) is 44.8 Å². The van der Waals surface area contributed by atoms with Crippen LogP contribution in [0.1, 0.15) is 46.1 Å². The molecule has 0 N–H and O–H groups in total. The van der Waals surface area contributed by atoms with E-state index >= 15 is 0 Å². The maximum Gasteiger partial charge on any atom is 0.347 e. The number of esters is 1. The minimum Gasteiger partial charge on any atom is -0.483 e. The number of benzene rings is 1. The molecule has 2 rings (SSSR count). The van der Waals surface area contributed by atoms with Crippen molar-refractivity contribution in [3.05, 3.63) is 23.8 Å². The van der Waals surface area contributed by atoms with E-state index in [-0.39, 0.29) is 11.6 Å². The quantitative estimate of drug-likeness (QED) is 0.753. The maximum absolute atomic E-state index is 12.0. The first-order chi connectivity index (χ1) is 9.96. The minimum absolute atomic E-state index is 0.230. The molecule has 116 valence electrons. The molecule has 0 fully saturated rings. The van der Waals surface area contributed by atoms with Crippen LogP contribution in [0.2, 0.25) is 0 Å². The van der Waals surface area contributed by atoms with Gasteiger partial charge in [-0.05, 0) is 33.3 Å². The van der Waals surface area contributed by atoms with E-state index in [9.17, 15) is 4.79 Å². The number of hydrogen-bond acceptors (Lipinski definition) is 4. The summed E-state index contributed by atoms with van der Waals surface area (Å²) in [6, 6.07) is 5.82. The second-order valence-electron chi connectivity index (χ2n) is 5.93. The zero-order chi connectivity index (χ0) is 15.5. The van der Waals surface area contributed by atoms with Crippen molar-refractivity contribution < 1.29 is 19.0 Å². The summed E-state index contributed by atoms with van der Waals surface area (Å²) in [5, 5.41) is 0. The lowest BCUT2D eigenvalue weighted by atomic mass is 10.0. The van der Waals surface area contributed by atoms with Crippen molar-refractivity contribution >= 4 is 5.97 Å². The summed E-state index contributed by atoms with van der Waals surface area (Å²) in [6.07, 6.45) is 1.75. The number of fused-ring (bicyclic) bond motifs is 1. The molecule has 0 amide bonds. The molecule has 0 aromatic heterocycles. The zero-order valence-corrected chi connectivity index (χ0v) is 13.3. The second kappa shape index (κ2) is 6.37. The number of carbonyl (C=O) groups is 1. The second-order valence-corrected chi connectivity index (χ2v) is 5.93. The third-order valence-corrected chi connectivity index (χ3v) is 3.42. The van der Waals surface area contributed by atoms with Crippen molar-refractivity contribution in [2.24, 2.45) is 0 Å². The van der Waals surface area contributed by atoms with E-state index in [1.165, 1.54) is 0 Å². The number of rotatable bonds is 6. The highest BCUT2D eigenvalue weighted by Gasteiger charge is 2.33. The van der Waals surface area contributed by atoms with Crippen LogP contribution in [0.4, 0.5) is 0 Å². The molecule has 1 heterocycles. The fourth-order valence-electron chi connectivity index (χ4n) is 2.56. The number of carbonyl (C=O) groups excluding carboxylic acids is 1. The molecule has 1 atom stereocenters. The van der Waals surface area contributed by atoms with Crippen LogP contribution in [0, 0.1) is 0 Å². The predicted octanol–water partition coefficient (Wildman–Crippen LogP) is 3.51. The van der Waals surface area contributed by atoms with E-state index in [0.29, 0.717) is 18.8 Å². The third kappa shape index (κ3) is 3.69. The number of para-hydroxylation sites is 1. The van der Waals surface area contributed by atoms with E-state index in [0.717, 1.165) is 24.2 Å². The molecule has 0 saturated heterocycles. The monoisotopic (exact) mass is 292 g/mol. The Labute approximate surface area is 126 Å². The Kier molecular flexibility index (Phi) is 4.76. The summed E-state index contributed by atoms with van der Waals surface area (Å²) in [5.74, 6) is 1.08. The average molecular weight is 292 g/mol. The fourth-order valence-corrected chi connectivity index (χ4v) is 2.56. The summed E-state index contributed by atoms with van der Waals surface area (Å²) >= 11 is 0. The first-order valence-electron chi connectivity index (χ1n) is 7.61. The van der Waals surface area contributed by atoms with Crippen molar-refractivity contribution in [3.8, 4) is 11.5 Å². The van der Waals surface area contributed by atoms with Gasteiger partial charge in [0.15, 0.2) is 17.6 Å². The SMILES string of the molecule is CCCC(Oc1cccc2c1OC(C)(C)C2)C(=O)OCC. The van der Waals surface area contributed by atoms with E-state index in [2.05, 4.69) is 0 Å². The maximum atomic E-state index is 12.0. The molecule has 0 radical (unpaired) electrons. The molecule has 0 bridgehead atoms. The van der Waals surface area contributed by atoms with Crippen LogP contribution in [-0.2, 0) is 16.0 Å². The fraction of sp³-hybridized carbons (Fsp3) is 0.588. The molecular weight excluding hydrogens is 268 g/mol. The van der Waals surface area contributed by atoms with E-state index in [4.69, 9.17) is 14.2 Å². The molecule has 4 heteroatoms. The molecule has 1 aromatic rings. The molecule has 21 heavy (non-hydrogen) atoms. The first kappa shape index (κ1) is 15.7. The van der Waals surface area contributed by atoms with Gasteiger partial charge >= 0.3 is 5.97 Å². The van der Waals surface area contributed by atoms with Gasteiger partial charge < -0.3 is 14.2 Å². The number of hydrogen-bond donors (Lipinski definition) is 0. The Morgan fingerprint density at radius 3 is 2.81 bits per heavy atom. The molecular formula is C17H24O4. The van der Waals surface area contributed by atoms with Gasteiger partial charge in [0.25, 0.3) is 0 Å². The lowest BCUT2D eigenvalue weighted by Gasteiger charge is -2.21. The predicted molar refractivity (Wildman–Crippen MR) is 80.8 cm³/mol. The molecule has 1 aliphatic rings. The molecule has 0 aliphatic carbocycles. The zero-order valence-electron chi connectivity index (χ0n) is 13.3. The van der Waals surface area contributed by atoms with Crippen LogP contribution >= 0.6 is 0 Å². The van der Waals surface area contributed by atoms with Gasteiger partial charge in [-0.3, -0.25) is 0 Å². The highest BCUT2D eigenvalue weighted by atomic mass is 16.6. The molecule has 0 spiro atoms. The van der Waals surface area contributed by atoms with Crippen LogP contribution in [0.3, 0.4) is 0 Å². The molecule has 1 unspecified atom stereocenters. The summed E-state index contributed by atoms with van der Waals surface area (Å²) in [6.45, 7) is 8.27. The van der Waals surface area contributed by atoms with Gasteiger partial charge in [-0.2, -0.15) is 0 Å². The van der Waals surface area contributed by atoms with Gasteiger partial charge in [0.2, 0.25) is 0 Å². The van der Waals surface area contributed by atoms with Crippen LogP contribution < -0.4 is 9.47 Å². The Bertz CT molecular complexity index is 508. The minimum atomic E-state index is -0.575. The molecule has 1 aromatic carbocycles. The van der Waals surface area contributed by atoms with Crippen molar-refractivity contribution in [2.45, 2.75) is 58.7 Å². The summed E-state index contributed by atoms with van der Waals surface area (Å²) in [5.41, 5.74) is 0.892. The highest BCUT2D eigenvalue weighted by Crippen LogP contribution is 2.42. The van der Waals surface area contributed by atoms with Gasteiger partial charge in [-0.15, -0.1) is 0 Å². The first-order valence-corrected chi connectivity index (χ1v) is 7.61. The van der Waals surface area contributed by atoms with Crippen LogP contribution in [0.15, 0.2) is 18.2 Å². The van der Waals surface area contributed by atoms with Gasteiger partial charge in [-0.1, -0.05) is 25.5 Å². The number of ether oxygens (including phenoxy) is 3. The van der Waals surface area contributed by atoms with Crippen LogP contribution in [0.25, 0.3) is 0 Å². The van der Waals surface area contributed by atoms with Crippen molar-refractivity contribution in [2.75, 3.05) is 6.61 Å². The molecule has 4 nitrogen and oxygen atoms in total. The normalized spacial score (nSPS) is 16.8. The van der Waals surface area contributed by atoms with E-state index in [1.54, 1.807) is 6.92 Å². The van der Waals surface area contributed by atoms with Gasteiger partial charge in [-0.25, -0.2) is 4.79 Å².